The molecule has 88 valence electrons. The van der Waals surface area contributed by atoms with Gasteiger partial charge in [0.05, 0.1) is 16.6 Å². The highest BCUT2D eigenvalue weighted by Gasteiger charge is 2.23. The Labute approximate surface area is 94.8 Å². The van der Waals surface area contributed by atoms with Crippen molar-refractivity contribution >= 4 is 15.8 Å². The third-order valence-corrected chi connectivity index (χ3v) is 4.27. The fourth-order valence-corrected chi connectivity index (χ4v) is 2.61. The summed E-state index contributed by atoms with van der Waals surface area (Å²) < 4.78 is 23.5. The summed E-state index contributed by atoms with van der Waals surface area (Å²) >= 11 is 0. The zero-order valence-corrected chi connectivity index (χ0v) is 9.99. The van der Waals surface area contributed by atoms with Crippen LogP contribution in [0, 0.1) is 0 Å². The lowest BCUT2D eigenvalue weighted by molar-refractivity contribution is -0.138. The highest BCUT2D eigenvalue weighted by atomic mass is 32.2. The van der Waals surface area contributed by atoms with Crippen LogP contribution in [0.2, 0.25) is 0 Å². The number of hydrogen-bond acceptors (Lipinski definition) is 3. The first-order valence-electron chi connectivity index (χ1n) is 4.94. The molecule has 0 aliphatic rings. The molecule has 0 spiro atoms. The molecule has 1 atom stereocenters. The molecule has 16 heavy (non-hydrogen) atoms. The Morgan fingerprint density at radius 3 is 2.44 bits per heavy atom. The number of carboxylic acids is 1. The van der Waals surface area contributed by atoms with E-state index in [0.29, 0.717) is 5.56 Å². The van der Waals surface area contributed by atoms with Gasteiger partial charge < -0.3 is 5.11 Å². The lowest BCUT2D eigenvalue weighted by Gasteiger charge is -2.12. The van der Waals surface area contributed by atoms with Crippen LogP contribution in [-0.4, -0.2) is 25.2 Å². The molecule has 1 unspecified atom stereocenters. The van der Waals surface area contributed by atoms with Gasteiger partial charge in [-0.05, 0) is 18.6 Å². The first kappa shape index (κ1) is 12.7. The summed E-state index contributed by atoms with van der Waals surface area (Å²) in [6.07, 6.45) is 0. The van der Waals surface area contributed by atoms with Crippen LogP contribution in [0.15, 0.2) is 29.2 Å². The summed E-state index contributed by atoms with van der Waals surface area (Å²) in [7, 11) is -3.37. The molecule has 0 aromatic heterocycles. The van der Waals surface area contributed by atoms with E-state index in [9.17, 15) is 13.2 Å². The third-order valence-electron chi connectivity index (χ3n) is 2.47. The van der Waals surface area contributed by atoms with Gasteiger partial charge >= 0.3 is 5.97 Å². The van der Waals surface area contributed by atoms with E-state index in [1.165, 1.54) is 19.9 Å². The number of hydrogen-bond donors (Lipinski definition) is 1. The van der Waals surface area contributed by atoms with E-state index in [2.05, 4.69) is 0 Å². The van der Waals surface area contributed by atoms with Gasteiger partial charge in [-0.1, -0.05) is 25.1 Å². The first-order chi connectivity index (χ1) is 7.40. The molecule has 0 heterocycles. The number of carbonyl (C=O) groups is 1. The Hall–Kier alpha value is -1.36. The van der Waals surface area contributed by atoms with Crippen LogP contribution in [0.1, 0.15) is 25.3 Å². The molecule has 0 fully saturated rings. The van der Waals surface area contributed by atoms with Crippen LogP contribution in [0.5, 0.6) is 0 Å². The van der Waals surface area contributed by atoms with E-state index in [1.54, 1.807) is 18.2 Å². The predicted molar refractivity (Wildman–Crippen MR) is 60.2 cm³/mol. The maximum Gasteiger partial charge on any atom is 0.310 e. The highest BCUT2D eigenvalue weighted by molar-refractivity contribution is 7.91. The molecule has 1 N–H and O–H groups in total. The van der Waals surface area contributed by atoms with Crippen LogP contribution in [0.4, 0.5) is 0 Å². The van der Waals surface area contributed by atoms with E-state index in [1.807, 2.05) is 0 Å². The Balaban J connectivity index is 3.37. The van der Waals surface area contributed by atoms with E-state index in [4.69, 9.17) is 5.11 Å². The van der Waals surface area contributed by atoms with Gasteiger partial charge in [0.1, 0.15) is 0 Å². The lowest BCUT2D eigenvalue weighted by atomic mass is 10.0. The number of aliphatic carboxylic acids is 1. The first-order valence-corrected chi connectivity index (χ1v) is 6.60. The van der Waals surface area contributed by atoms with Gasteiger partial charge in [-0.3, -0.25) is 4.79 Å². The van der Waals surface area contributed by atoms with Crippen molar-refractivity contribution in [3.63, 3.8) is 0 Å². The number of sulfone groups is 1. The average Bonchev–Trinajstić information content (AvgIpc) is 2.28. The van der Waals surface area contributed by atoms with Gasteiger partial charge in [0, 0.05) is 0 Å². The molecular formula is C11H14O4S. The zero-order chi connectivity index (χ0) is 12.3. The molecule has 0 aliphatic heterocycles. The van der Waals surface area contributed by atoms with E-state index in [0.717, 1.165) is 0 Å². The van der Waals surface area contributed by atoms with Gasteiger partial charge in [-0.15, -0.1) is 0 Å². The molecule has 4 nitrogen and oxygen atoms in total. The van der Waals surface area contributed by atoms with Crippen LogP contribution < -0.4 is 0 Å². The summed E-state index contributed by atoms with van der Waals surface area (Å²) in [5.74, 6) is -1.88. The van der Waals surface area contributed by atoms with E-state index in [-0.39, 0.29) is 10.6 Å². The Bertz CT molecular complexity index is 490. The lowest BCUT2D eigenvalue weighted by Crippen LogP contribution is -2.13. The van der Waals surface area contributed by atoms with Crippen LogP contribution in [-0.2, 0) is 14.6 Å². The minimum Gasteiger partial charge on any atom is -0.481 e. The smallest absolute Gasteiger partial charge is 0.310 e. The standard InChI is InChI=1S/C11H14O4S/c1-3-16(14,15)10-7-5-4-6-9(10)8(2)11(12)13/h4-8H,3H2,1-2H3,(H,12,13). The summed E-state index contributed by atoms with van der Waals surface area (Å²) in [4.78, 5) is 11.0. The van der Waals surface area contributed by atoms with Gasteiger partial charge in [0.2, 0.25) is 0 Å². The summed E-state index contributed by atoms with van der Waals surface area (Å²) in [6.45, 7) is 3.02. The normalized spacial score (nSPS) is 13.4. The van der Waals surface area contributed by atoms with Gasteiger partial charge in [0.15, 0.2) is 9.84 Å². The molecule has 0 saturated carbocycles. The predicted octanol–water partition coefficient (Wildman–Crippen LogP) is 1.67. The van der Waals surface area contributed by atoms with Crippen LogP contribution >= 0.6 is 0 Å². The van der Waals surface area contributed by atoms with Crippen molar-refractivity contribution in [2.75, 3.05) is 5.75 Å². The molecule has 0 saturated heterocycles. The maximum atomic E-state index is 11.8. The number of benzene rings is 1. The second-order valence-corrected chi connectivity index (χ2v) is 5.75. The van der Waals surface area contributed by atoms with Crippen molar-refractivity contribution in [3.05, 3.63) is 29.8 Å². The van der Waals surface area contributed by atoms with Crippen molar-refractivity contribution in [1.29, 1.82) is 0 Å². The SMILES string of the molecule is CCS(=O)(=O)c1ccccc1C(C)C(=O)O. The number of rotatable bonds is 4. The fraction of sp³-hybridized carbons (Fsp3) is 0.364. The van der Waals surface area contributed by atoms with E-state index < -0.39 is 21.7 Å². The molecule has 1 aromatic rings. The molecule has 5 heteroatoms. The summed E-state index contributed by atoms with van der Waals surface area (Å²) in [5.41, 5.74) is 0.344. The Kier molecular flexibility index (Phi) is 3.70. The maximum absolute atomic E-state index is 11.8. The van der Waals surface area contributed by atoms with Crippen molar-refractivity contribution in [1.82, 2.24) is 0 Å². The molecule has 0 amide bonds. The molecule has 0 aliphatic carbocycles. The minimum atomic E-state index is -3.37. The fourth-order valence-electron chi connectivity index (χ4n) is 1.41. The van der Waals surface area contributed by atoms with E-state index >= 15 is 0 Å². The molecular weight excluding hydrogens is 228 g/mol. The Morgan fingerprint density at radius 1 is 1.38 bits per heavy atom. The van der Waals surface area contributed by atoms with Gasteiger partial charge in [-0.25, -0.2) is 8.42 Å². The minimum absolute atomic E-state index is 0.0314. The number of carboxylic acid groups (broad SMARTS) is 1. The van der Waals surface area contributed by atoms with Gasteiger partial charge in [-0.2, -0.15) is 0 Å². The average molecular weight is 242 g/mol. The van der Waals surface area contributed by atoms with Crippen molar-refractivity contribution in [2.45, 2.75) is 24.7 Å². The summed E-state index contributed by atoms with van der Waals surface area (Å²) in [5, 5.41) is 8.90. The topological polar surface area (TPSA) is 71.4 Å². The third kappa shape index (κ3) is 2.41. The second kappa shape index (κ2) is 4.65. The second-order valence-electron chi connectivity index (χ2n) is 3.50. The quantitative estimate of drug-likeness (QED) is 0.871. The van der Waals surface area contributed by atoms with Crippen LogP contribution in [0.25, 0.3) is 0 Å². The van der Waals surface area contributed by atoms with Crippen molar-refractivity contribution in [3.8, 4) is 0 Å². The molecule has 0 radical (unpaired) electrons. The van der Waals surface area contributed by atoms with Crippen molar-refractivity contribution in [2.24, 2.45) is 0 Å². The van der Waals surface area contributed by atoms with Gasteiger partial charge in [0.25, 0.3) is 0 Å². The zero-order valence-electron chi connectivity index (χ0n) is 9.17. The van der Waals surface area contributed by atoms with Crippen LogP contribution in [0.3, 0.4) is 0 Å². The molecule has 1 rings (SSSR count). The van der Waals surface area contributed by atoms with Crippen molar-refractivity contribution < 1.29 is 18.3 Å². The summed E-state index contributed by atoms with van der Waals surface area (Å²) in [6, 6.07) is 6.24. The Morgan fingerprint density at radius 2 is 1.94 bits per heavy atom. The largest absolute Gasteiger partial charge is 0.481 e. The highest BCUT2D eigenvalue weighted by Crippen LogP contribution is 2.24. The monoisotopic (exact) mass is 242 g/mol. The molecule has 1 aromatic carbocycles. The molecule has 0 bridgehead atoms.